The molecule has 0 fully saturated rings. The Bertz CT molecular complexity index is 884. The number of nitrogens with zero attached hydrogens (tertiary/aromatic N) is 1. The first-order chi connectivity index (χ1) is 10.6. The molecule has 3 rings (SSSR count). The Balaban J connectivity index is 1.64. The highest BCUT2D eigenvalue weighted by atomic mass is 35.5. The number of amides is 1. The van der Waals surface area contributed by atoms with Crippen LogP contribution < -0.4 is 11.0 Å². The van der Waals surface area contributed by atoms with Gasteiger partial charge in [0.1, 0.15) is 0 Å². The second-order valence-corrected chi connectivity index (χ2v) is 5.29. The molecule has 2 aromatic heterocycles. The van der Waals surface area contributed by atoms with Crippen LogP contribution in [-0.4, -0.2) is 20.9 Å². The lowest BCUT2D eigenvalue weighted by Crippen LogP contribution is -2.24. The largest absolute Gasteiger partial charge is 0.352 e. The molecule has 0 radical (unpaired) electrons. The molecule has 0 saturated heterocycles. The molecule has 0 bridgehead atoms. The molecule has 0 aliphatic carbocycles. The minimum absolute atomic E-state index is 0.129. The van der Waals surface area contributed by atoms with Crippen molar-refractivity contribution in [2.45, 2.75) is 13.0 Å². The maximum absolute atomic E-state index is 12.0. The van der Waals surface area contributed by atoms with Crippen LogP contribution in [0.2, 0.25) is 5.02 Å². The number of hydrogen-bond acceptors (Lipinski definition) is 3. The minimum atomic E-state index is -0.247. The summed E-state index contributed by atoms with van der Waals surface area (Å²) in [7, 11) is 0. The van der Waals surface area contributed by atoms with E-state index in [1.54, 1.807) is 18.3 Å². The summed E-state index contributed by atoms with van der Waals surface area (Å²) >= 11 is 5.97. The van der Waals surface area contributed by atoms with Crippen LogP contribution in [0.15, 0.2) is 41.5 Å². The Morgan fingerprint density at radius 3 is 2.86 bits per heavy atom. The van der Waals surface area contributed by atoms with Gasteiger partial charge in [-0.2, -0.15) is 0 Å². The van der Waals surface area contributed by atoms with Crippen molar-refractivity contribution in [3.05, 3.63) is 63.3 Å². The summed E-state index contributed by atoms with van der Waals surface area (Å²) in [5.41, 5.74) is 2.84. The van der Waals surface area contributed by atoms with Crippen LogP contribution >= 0.6 is 11.6 Å². The Labute approximate surface area is 130 Å². The van der Waals surface area contributed by atoms with E-state index in [2.05, 4.69) is 20.3 Å². The first-order valence-corrected chi connectivity index (χ1v) is 7.05. The number of carbonyl (C=O) groups is 1. The van der Waals surface area contributed by atoms with Crippen molar-refractivity contribution in [1.82, 2.24) is 20.3 Å². The van der Waals surface area contributed by atoms with Gasteiger partial charge in [-0.25, -0.2) is 4.79 Å². The van der Waals surface area contributed by atoms with Gasteiger partial charge in [0, 0.05) is 18.9 Å². The molecule has 3 N–H and O–H groups in total. The molecular formula is C15H13ClN4O2. The zero-order chi connectivity index (χ0) is 15.5. The van der Waals surface area contributed by atoms with E-state index >= 15 is 0 Å². The van der Waals surface area contributed by atoms with Crippen molar-refractivity contribution in [2.24, 2.45) is 0 Å². The van der Waals surface area contributed by atoms with Crippen LogP contribution in [0.25, 0.3) is 11.0 Å². The Morgan fingerprint density at radius 1 is 1.23 bits per heavy atom. The number of fused-ring (bicyclic) bond motifs is 1. The zero-order valence-electron chi connectivity index (χ0n) is 11.5. The molecule has 6 nitrogen and oxygen atoms in total. The van der Waals surface area contributed by atoms with Crippen molar-refractivity contribution in [3.8, 4) is 0 Å². The molecule has 0 aliphatic rings. The van der Waals surface area contributed by atoms with E-state index in [1.807, 2.05) is 12.1 Å². The highest BCUT2D eigenvalue weighted by Crippen LogP contribution is 2.14. The zero-order valence-corrected chi connectivity index (χ0v) is 12.3. The Kier molecular flexibility index (Phi) is 3.93. The van der Waals surface area contributed by atoms with Gasteiger partial charge in [-0.1, -0.05) is 17.7 Å². The average molecular weight is 317 g/mol. The standard InChI is InChI=1S/C15H13ClN4O2/c16-11-8-17-4-3-10(11)6-14(21)18-7-9-1-2-12-13(5-9)20-15(22)19-12/h1-5,8H,6-7H2,(H,18,21)(H2,19,20,22). The number of rotatable bonds is 4. The van der Waals surface area contributed by atoms with Gasteiger partial charge in [0.15, 0.2) is 0 Å². The van der Waals surface area contributed by atoms with Gasteiger partial charge in [0.2, 0.25) is 5.91 Å². The van der Waals surface area contributed by atoms with Crippen molar-refractivity contribution >= 4 is 28.5 Å². The van der Waals surface area contributed by atoms with Crippen molar-refractivity contribution in [3.63, 3.8) is 0 Å². The van der Waals surface area contributed by atoms with Gasteiger partial charge in [-0.3, -0.25) is 9.78 Å². The molecule has 22 heavy (non-hydrogen) atoms. The number of aromatic nitrogens is 3. The van der Waals surface area contributed by atoms with E-state index in [0.717, 1.165) is 16.6 Å². The van der Waals surface area contributed by atoms with E-state index in [1.165, 1.54) is 6.20 Å². The molecular weight excluding hydrogens is 304 g/mol. The number of nitrogens with one attached hydrogen (secondary N) is 3. The van der Waals surface area contributed by atoms with Crippen molar-refractivity contribution in [2.75, 3.05) is 0 Å². The molecule has 112 valence electrons. The first kappa shape index (κ1) is 14.3. The van der Waals surface area contributed by atoms with Crippen LogP contribution in [0.1, 0.15) is 11.1 Å². The van der Waals surface area contributed by atoms with Crippen LogP contribution in [0, 0.1) is 0 Å². The fourth-order valence-corrected chi connectivity index (χ4v) is 2.36. The molecule has 2 heterocycles. The third kappa shape index (κ3) is 3.17. The van der Waals surface area contributed by atoms with E-state index in [0.29, 0.717) is 17.1 Å². The second kappa shape index (κ2) is 6.03. The first-order valence-electron chi connectivity index (χ1n) is 6.68. The fraction of sp³-hybridized carbons (Fsp3) is 0.133. The lowest BCUT2D eigenvalue weighted by atomic mass is 10.1. The third-order valence-electron chi connectivity index (χ3n) is 3.28. The molecule has 1 aromatic carbocycles. The predicted octanol–water partition coefficient (Wildman–Crippen LogP) is 1.76. The van der Waals surface area contributed by atoms with Crippen LogP contribution in [0.3, 0.4) is 0 Å². The second-order valence-electron chi connectivity index (χ2n) is 4.88. The quantitative estimate of drug-likeness (QED) is 0.685. The van der Waals surface area contributed by atoms with E-state index in [-0.39, 0.29) is 18.0 Å². The summed E-state index contributed by atoms with van der Waals surface area (Å²) in [4.78, 5) is 32.4. The number of carbonyl (C=O) groups excluding carboxylic acids is 1. The summed E-state index contributed by atoms with van der Waals surface area (Å²) in [6.07, 6.45) is 3.32. The topological polar surface area (TPSA) is 90.6 Å². The van der Waals surface area contributed by atoms with Crippen LogP contribution in [-0.2, 0) is 17.8 Å². The van der Waals surface area contributed by atoms with Gasteiger partial charge < -0.3 is 15.3 Å². The number of H-pyrrole nitrogens is 2. The molecule has 0 spiro atoms. The number of halogens is 1. The van der Waals surface area contributed by atoms with E-state index < -0.39 is 0 Å². The number of benzene rings is 1. The molecule has 1 amide bonds. The molecule has 3 aromatic rings. The van der Waals surface area contributed by atoms with Gasteiger partial charge in [-0.05, 0) is 29.3 Å². The SMILES string of the molecule is O=C(Cc1ccncc1Cl)NCc1ccc2[nH]c(=O)[nH]c2c1. The third-order valence-corrected chi connectivity index (χ3v) is 3.62. The summed E-state index contributed by atoms with van der Waals surface area (Å²) < 4.78 is 0. The van der Waals surface area contributed by atoms with Crippen LogP contribution in [0.5, 0.6) is 0 Å². The number of pyridine rings is 1. The van der Waals surface area contributed by atoms with Crippen molar-refractivity contribution < 1.29 is 4.79 Å². The van der Waals surface area contributed by atoms with E-state index in [9.17, 15) is 9.59 Å². The lowest BCUT2D eigenvalue weighted by molar-refractivity contribution is -0.120. The number of aromatic amines is 2. The molecule has 0 saturated carbocycles. The summed E-state index contributed by atoms with van der Waals surface area (Å²) in [6.45, 7) is 0.380. The smallest absolute Gasteiger partial charge is 0.323 e. The number of hydrogen-bond donors (Lipinski definition) is 3. The molecule has 7 heteroatoms. The average Bonchev–Trinajstić information content (AvgIpc) is 2.87. The molecule has 0 aliphatic heterocycles. The van der Waals surface area contributed by atoms with Crippen LogP contribution in [0.4, 0.5) is 0 Å². The highest BCUT2D eigenvalue weighted by Gasteiger charge is 2.07. The number of imidazole rings is 1. The normalized spacial score (nSPS) is 10.8. The lowest BCUT2D eigenvalue weighted by Gasteiger charge is -2.06. The highest BCUT2D eigenvalue weighted by molar-refractivity contribution is 6.31. The Hall–Kier alpha value is -2.60. The molecule has 0 unspecified atom stereocenters. The fourth-order valence-electron chi connectivity index (χ4n) is 2.17. The van der Waals surface area contributed by atoms with Gasteiger partial charge >= 0.3 is 5.69 Å². The summed E-state index contributed by atoms with van der Waals surface area (Å²) in [6, 6.07) is 7.20. The predicted molar refractivity (Wildman–Crippen MR) is 83.7 cm³/mol. The van der Waals surface area contributed by atoms with E-state index in [4.69, 9.17) is 11.6 Å². The monoisotopic (exact) mass is 316 g/mol. The van der Waals surface area contributed by atoms with Gasteiger partial charge in [0.25, 0.3) is 0 Å². The Morgan fingerprint density at radius 2 is 2.05 bits per heavy atom. The molecule has 0 atom stereocenters. The summed E-state index contributed by atoms with van der Waals surface area (Å²) in [5.74, 6) is -0.129. The minimum Gasteiger partial charge on any atom is -0.352 e. The van der Waals surface area contributed by atoms with Gasteiger partial charge in [0.05, 0.1) is 22.5 Å². The maximum Gasteiger partial charge on any atom is 0.323 e. The maximum atomic E-state index is 12.0. The van der Waals surface area contributed by atoms with Gasteiger partial charge in [-0.15, -0.1) is 0 Å². The van der Waals surface area contributed by atoms with Crippen molar-refractivity contribution in [1.29, 1.82) is 0 Å². The summed E-state index contributed by atoms with van der Waals surface area (Å²) in [5, 5.41) is 3.30.